The Bertz CT molecular complexity index is 939. The van der Waals surface area contributed by atoms with E-state index in [4.69, 9.17) is 14.2 Å². The fraction of sp³-hybridized carbons (Fsp3) is 0.581. The molecule has 3 rings (SSSR count). The number of ether oxygens (including phenoxy) is 3. The summed E-state index contributed by atoms with van der Waals surface area (Å²) < 4.78 is 17.2. The number of nitrogens with zero attached hydrogens (tertiary/aromatic N) is 2. The van der Waals surface area contributed by atoms with E-state index in [1.165, 1.54) is 18.4 Å². The number of methoxy groups -OCH3 is 2. The second-order valence-electron chi connectivity index (χ2n) is 10.6. The Labute approximate surface area is 223 Å². The first-order valence-corrected chi connectivity index (χ1v) is 13.7. The van der Waals surface area contributed by atoms with Crippen LogP contribution in [0.15, 0.2) is 60.2 Å². The molecule has 0 N–H and O–H groups in total. The van der Waals surface area contributed by atoms with Gasteiger partial charge in [0, 0.05) is 45.4 Å². The Morgan fingerprint density at radius 2 is 2.08 bits per heavy atom. The van der Waals surface area contributed by atoms with Crippen LogP contribution < -0.4 is 4.74 Å². The predicted molar refractivity (Wildman–Crippen MR) is 150 cm³/mol. The fourth-order valence-electron chi connectivity index (χ4n) is 5.15. The first-order valence-electron chi connectivity index (χ1n) is 13.7. The Balaban J connectivity index is 1.69. The minimum Gasteiger partial charge on any atom is -0.496 e. The van der Waals surface area contributed by atoms with Gasteiger partial charge < -0.3 is 19.1 Å². The van der Waals surface area contributed by atoms with E-state index in [-0.39, 0.29) is 5.91 Å². The summed E-state index contributed by atoms with van der Waals surface area (Å²) >= 11 is 0. The zero-order chi connectivity index (χ0) is 26.6. The van der Waals surface area contributed by atoms with Gasteiger partial charge in [0.25, 0.3) is 5.91 Å². The van der Waals surface area contributed by atoms with Gasteiger partial charge in [-0.3, -0.25) is 9.69 Å². The number of carbonyl (C=O) groups is 1. The van der Waals surface area contributed by atoms with Gasteiger partial charge in [-0.2, -0.15) is 0 Å². The van der Waals surface area contributed by atoms with Gasteiger partial charge in [0.15, 0.2) is 0 Å². The molecule has 1 aliphatic carbocycles. The number of benzene rings is 1. The zero-order valence-corrected chi connectivity index (χ0v) is 23.3. The molecule has 1 aliphatic heterocycles. The average Bonchev–Trinajstić information content (AvgIpc) is 3.15. The number of allylic oxidation sites excluding steroid dienone is 2. The van der Waals surface area contributed by atoms with Crippen molar-refractivity contribution in [3.8, 4) is 5.75 Å². The maximum absolute atomic E-state index is 13.7. The van der Waals surface area contributed by atoms with Crippen LogP contribution in [0, 0.1) is 5.92 Å². The molecular weight excluding hydrogens is 464 g/mol. The lowest BCUT2D eigenvalue weighted by molar-refractivity contribution is -0.149. The van der Waals surface area contributed by atoms with Crippen molar-refractivity contribution in [1.29, 1.82) is 0 Å². The van der Waals surface area contributed by atoms with Crippen LogP contribution in [0.5, 0.6) is 5.75 Å². The highest BCUT2D eigenvalue weighted by Crippen LogP contribution is 2.25. The molecule has 6 heteroatoms. The molecule has 2 unspecified atom stereocenters. The maximum Gasteiger partial charge on any atom is 0.253 e. The number of para-hydroxylation sites is 1. The molecule has 1 heterocycles. The average molecular weight is 511 g/mol. The van der Waals surface area contributed by atoms with E-state index in [2.05, 4.69) is 43.5 Å². The number of hydrogen-bond donors (Lipinski definition) is 0. The second kappa shape index (κ2) is 15.1. The Kier molecular flexibility index (Phi) is 11.9. The van der Waals surface area contributed by atoms with Crippen LogP contribution in [0.2, 0.25) is 0 Å². The summed E-state index contributed by atoms with van der Waals surface area (Å²) in [7, 11) is 3.50. The summed E-state index contributed by atoms with van der Waals surface area (Å²) in [5.41, 5.74) is 3.57. The molecule has 2 aliphatic rings. The molecular formula is C31H46N2O4. The van der Waals surface area contributed by atoms with Gasteiger partial charge in [0.2, 0.25) is 0 Å². The van der Waals surface area contributed by atoms with Gasteiger partial charge in [0.05, 0.1) is 19.8 Å². The van der Waals surface area contributed by atoms with Gasteiger partial charge in [-0.15, -0.1) is 0 Å². The standard InChI is InChI=1S/C31H46N2O4/c1-6-25(15-16-26-11-7-9-13-28(19-26)35-4)21-33(20-24(2)3)31(34)30-23-32(17-18-37-30)22-27-12-8-10-14-29(27)36-5/h6,8,10,12,14-16,24,28,30H,1,7,9,11,13,17-23H2,2-5H3/b25-15+,26-16-. The molecule has 1 saturated carbocycles. The highest BCUT2D eigenvalue weighted by Gasteiger charge is 2.31. The normalized spacial score (nSPS) is 22.6. The van der Waals surface area contributed by atoms with Crippen molar-refractivity contribution < 1.29 is 19.0 Å². The molecule has 0 radical (unpaired) electrons. The van der Waals surface area contributed by atoms with E-state index in [0.29, 0.717) is 38.3 Å². The van der Waals surface area contributed by atoms with Crippen molar-refractivity contribution in [2.45, 2.75) is 64.7 Å². The number of amides is 1. The molecule has 2 fully saturated rings. The lowest BCUT2D eigenvalue weighted by atomic mass is 10.0. The summed E-state index contributed by atoms with van der Waals surface area (Å²) in [4.78, 5) is 17.9. The molecule has 1 aromatic rings. The molecule has 37 heavy (non-hydrogen) atoms. The number of hydrogen-bond acceptors (Lipinski definition) is 5. The lowest BCUT2D eigenvalue weighted by Crippen LogP contribution is -2.51. The van der Waals surface area contributed by atoms with Crippen LogP contribution in [0.4, 0.5) is 0 Å². The van der Waals surface area contributed by atoms with Crippen LogP contribution in [0.3, 0.4) is 0 Å². The third-order valence-corrected chi connectivity index (χ3v) is 7.18. The fourth-order valence-corrected chi connectivity index (χ4v) is 5.15. The van der Waals surface area contributed by atoms with Gasteiger partial charge in [0.1, 0.15) is 11.9 Å². The maximum atomic E-state index is 13.7. The van der Waals surface area contributed by atoms with Gasteiger partial charge in [-0.25, -0.2) is 0 Å². The van der Waals surface area contributed by atoms with E-state index in [9.17, 15) is 4.79 Å². The third-order valence-electron chi connectivity index (χ3n) is 7.18. The Hall–Kier alpha value is -2.41. The van der Waals surface area contributed by atoms with E-state index in [1.54, 1.807) is 14.2 Å². The molecule has 2 atom stereocenters. The molecule has 0 aromatic heterocycles. The topological polar surface area (TPSA) is 51.2 Å². The number of carbonyl (C=O) groups excluding carboxylic acids is 1. The second-order valence-corrected chi connectivity index (χ2v) is 10.6. The van der Waals surface area contributed by atoms with Crippen molar-refractivity contribution in [3.05, 3.63) is 65.8 Å². The van der Waals surface area contributed by atoms with Gasteiger partial charge in [-0.1, -0.05) is 68.8 Å². The molecule has 0 bridgehead atoms. The number of rotatable bonds is 11. The summed E-state index contributed by atoms with van der Waals surface area (Å²) in [5, 5.41) is 0. The van der Waals surface area contributed by atoms with Crippen LogP contribution in [0.25, 0.3) is 0 Å². The zero-order valence-electron chi connectivity index (χ0n) is 23.3. The quantitative estimate of drug-likeness (QED) is 0.295. The minimum absolute atomic E-state index is 0.0488. The van der Waals surface area contributed by atoms with Crippen molar-refractivity contribution in [3.63, 3.8) is 0 Å². The molecule has 6 nitrogen and oxygen atoms in total. The largest absolute Gasteiger partial charge is 0.496 e. The van der Waals surface area contributed by atoms with Crippen molar-refractivity contribution >= 4 is 5.91 Å². The Morgan fingerprint density at radius 1 is 1.27 bits per heavy atom. The molecule has 1 saturated heterocycles. The predicted octanol–water partition coefficient (Wildman–Crippen LogP) is 5.40. The van der Waals surface area contributed by atoms with E-state index < -0.39 is 6.10 Å². The highest BCUT2D eigenvalue weighted by atomic mass is 16.5. The SMILES string of the molecule is C=C/C(=C\C=C1\CCCCC(OC)C1)CN(CC(C)C)C(=O)C1CN(Cc2ccccc2OC)CCO1. The highest BCUT2D eigenvalue weighted by molar-refractivity contribution is 5.81. The minimum atomic E-state index is -0.476. The smallest absolute Gasteiger partial charge is 0.253 e. The van der Waals surface area contributed by atoms with E-state index in [1.807, 2.05) is 29.2 Å². The van der Waals surface area contributed by atoms with E-state index >= 15 is 0 Å². The summed E-state index contributed by atoms with van der Waals surface area (Å²) in [6.07, 6.45) is 11.7. The number of morpholine rings is 1. The van der Waals surface area contributed by atoms with Crippen LogP contribution >= 0.6 is 0 Å². The molecule has 204 valence electrons. The van der Waals surface area contributed by atoms with Crippen LogP contribution in [0.1, 0.15) is 51.5 Å². The van der Waals surface area contributed by atoms with Gasteiger partial charge in [-0.05, 0) is 43.2 Å². The van der Waals surface area contributed by atoms with Crippen molar-refractivity contribution in [1.82, 2.24) is 9.80 Å². The summed E-state index contributed by atoms with van der Waals surface area (Å²) in [6, 6.07) is 8.05. The molecule has 0 spiro atoms. The molecule has 1 aromatic carbocycles. The Morgan fingerprint density at radius 3 is 2.81 bits per heavy atom. The van der Waals surface area contributed by atoms with E-state index in [0.717, 1.165) is 49.2 Å². The molecule has 1 amide bonds. The summed E-state index contributed by atoms with van der Waals surface area (Å²) in [5.74, 6) is 1.28. The monoisotopic (exact) mass is 510 g/mol. The third kappa shape index (κ3) is 9.13. The van der Waals surface area contributed by atoms with Gasteiger partial charge >= 0.3 is 0 Å². The first-order chi connectivity index (χ1) is 17.9. The van der Waals surface area contributed by atoms with Crippen LogP contribution in [-0.4, -0.2) is 74.9 Å². The van der Waals surface area contributed by atoms with Crippen molar-refractivity contribution in [2.24, 2.45) is 5.92 Å². The lowest BCUT2D eigenvalue weighted by Gasteiger charge is -2.36. The van der Waals surface area contributed by atoms with Crippen molar-refractivity contribution in [2.75, 3.05) is 47.0 Å². The van der Waals surface area contributed by atoms with Crippen LogP contribution in [-0.2, 0) is 20.8 Å². The first kappa shape index (κ1) is 29.2. The summed E-state index contributed by atoms with van der Waals surface area (Å²) in [6.45, 7) is 12.2.